The number of nitrogens with zero attached hydrogens (tertiary/aromatic N) is 4. The van der Waals surface area contributed by atoms with E-state index in [1.54, 1.807) is 0 Å². The lowest BCUT2D eigenvalue weighted by molar-refractivity contribution is 1.08. The van der Waals surface area contributed by atoms with Gasteiger partial charge in [-0.3, -0.25) is 4.57 Å². The summed E-state index contributed by atoms with van der Waals surface area (Å²) in [5, 5.41) is 16.8. The first kappa shape index (κ1) is 33.5. The highest BCUT2D eigenvalue weighted by atomic mass is 15.1. The van der Waals surface area contributed by atoms with Crippen molar-refractivity contribution >= 4 is 109 Å². The van der Waals surface area contributed by atoms with Gasteiger partial charge in [0.25, 0.3) is 0 Å². The van der Waals surface area contributed by atoms with Gasteiger partial charge in [-0.25, -0.2) is 9.97 Å². The lowest BCUT2D eigenvalue weighted by atomic mass is 9.91. The predicted molar refractivity (Wildman–Crippen MR) is 261 cm³/mol. The second-order valence-corrected chi connectivity index (χ2v) is 16.5. The first-order valence-electron chi connectivity index (χ1n) is 21.3. The van der Waals surface area contributed by atoms with Crippen LogP contribution >= 0.6 is 0 Å². The van der Waals surface area contributed by atoms with Crippen molar-refractivity contribution in [3.63, 3.8) is 0 Å². The first-order chi connectivity index (χ1) is 30.8. The summed E-state index contributed by atoms with van der Waals surface area (Å²) in [6.07, 6.45) is 0. The van der Waals surface area contributed by atoms with Gasteiger partial charge in [0.2, 0.25) is 0 Å². The van der Waals surface area contributed by atoms with Gasteiger partial charge in [-0.15, -0.1) is 0 Å². The summed E-state index contributed by atoms with van der Waals surface area (Å²) in [6.45, 7) is 0. The van der Waals surface area contributed by atoms with E-state index in [0.717, 1.165) is 72.0 Å². The lowest BCUT2D eigenvalue weighted by Gasteiger charge is -2.16. The Hall–Kier alpha value is -8.34. The van der Waals surface area contributed by atoms with Crippen LogP contribution in [0.1, 0.15) is 0 Å². The molecule has 0 bridgehead atoms. The number of fused-ring (bicyclic) bond motifs is 17. The third-order valence-corrected chi connectivity index (χ3v) is 13.2. The maximum absolute atomic E-state index is 5.84. The van der Waals surface area contributed by atoms with Crippen LogP contribution in [0.5, 0.6) is 0 Å². The molecule has 4 heteroatoms. The van der Waals surface area contributed by atoms with Crippen LogP contribution in [-0.2, 0) is 0 Å². The Kier molecular flexibility index (Phi) is 6.80. The Bertz CT molecular complexity index is 4180. The molecule has 0 N–H and O–H groups in total. The number of aromatic nitrogens is 4. The van der Waals surface area contributed by atoms with Gasteiger partial charge in [-0.1, -0.05) is 158 Å². The number of hydrogen-bond acceptors (Lipinski definition) is 2. The Morgan fingerprint density at radius 2 is 0.903 bits per heavy atom. The predicted octanol–water partition coefficient (Wildman–Crippen LogP) is 15.3. The smallest absolute Gasteiger partial charge is 0.165 e. The van der Waals surface area contributed by atoms with Gasteiger partial charge in [0.15, 0.2) is 5.82 Å². The third kappa shape index (κ3) is 4.55. The summed E-state index contributed by atoms with van der Waals surface area (Å²) < 4.78 is 4.79. The van der Waals surface area contributed by atoms with Crippen LogP contribution in [0.2, 0.25) is 0 Å². The minimum absolute atomic E-state index is 0.803. The molecule has 3 aromatic heterocycles. The highest BCUT2D eigenvalue weighted by molar-refractivity contribution is 6.36. The highest BCUT2D eigenvalue weighted by Gasteiger charge is 2.25. The molecule has 0 saturated carbocycles. The van der Waals surface area contributed by atoms with E-state index < -0.39 is 0 Å². The molecule has 62 heavy (non-hydrogen) atoms. The molecule has 3 heterocycles. The first-order valence-corrected chi connectivity index (χ1v) is 21.3. The van der Waals surface area contributed by atoms with Gasteiger partial charge in [0.05, 0.1) is 33.1 Å². The molecular formula is C58H34N4. The van der Waals surface area contributed by atoms with Gasteiger partial charge in [0.1, 0.15) is 5.69 Å². The van der Waals surface area contributed by atoms with Gasteiger partial charge in [0, 0.05) is 43.6 Å². The minimum Gasteiger partial charge on any atom is -0.309 e. The summed E-state index contributed by atoms with van der Waals surface area (Å²) in [5.74, 6) is 0.803. The van der Waals surface area contributed by atoms with Crippen LogP contribution in [0.15, 0.2) is 206 Å². The van der Waals surface area contributed by atoms with Crippen molar-refractivity contribution in [2.75, 3.05) is 0 Å². The fraction of sp³-hybridized carbons (Fsp3) is 0. The number of rotatable bonds is 3. The van der Waals surface area contributed by atoms with E-state index in [1.807, 2.05) is 0 Å². The Labute approximate surface area is 355 Å². The molecule has 11 aromatic carbocycles. The molecule has 0 fully saturated rings. The van der Waals surface area contributed by atoms with Gasteiger partial charge < -0.3 is 4.57 Å². The van der Waals surface area contributed by atoms with E-state index in [2.05, 4.69) is 215 Å². The lowest BCUT2D eigenvalue weighted by Crippen LogP contribution is -2.04. The molecule has 0 radical (unpaired) electrons. The summed E-state index contributed by atoms with van der Waals surface area (Å²) >= 11 is 0. The fourth-order valence-electron chi connectivity index (χ4n) is 10.6. The fourth-order valence-corrected chi connectivity index (χ4v) is 10.6. The van der Waals surface area contributed by atoms with E-state index in [4.69, 9.17) is 9.97 Å². The standard InChI is InChI=1S/C58H34N4/c1-2-18-38(19-3-1)61-49-27-13-12-25-45(49)53-46(26-14-28-50(53)61)57-58(60-56-39-20-7-6-15-35(39)29-31-48(56)59-57)62-51-32-30-44-42-23-9-8-21-40(42)41-22-10-11-24-43(41)54(44)55(51)47-33-36-16-4-5-17-37(36)34-52(47)62/h1-34H. The molecule has 0 atom stereocenters. The van der Waals surface area contributed by atoms with E-state index in [-0.39, 0.29) is 0 Å². The van der Waals surface area contributed by atoms with Crippen molar-refractivity contribution in [1.29, 1.82) is 0 Å². The monoisotopic (exact) mass is 786 g/mol. The van der Waals surface area contributed by atoms with Gasteiger partial charge >= 0.3 is 0 Å². The highest BCUT2D eigenvalue weighted by Crippen LogP contribution is 2.46. The summed E-state index contributed by atoms with van der Waals surface area (Å²) in [5.41, 5.74) is 9.20. The molecule has 0 aliphatic heterocycles. The molecule has 0 spiro atoms. The summed E-state index contributed by atoms with van der Waals surface area (Å²) in [6, 6.07) is 74.8. The van der Waals surface area contributed by atoms with Crippen LogP contribution in [0.4, 0.5) is 0 Å². The second-order valence-electron chi connectivity index (χ2n) is 16.5. The maximum Gasteiger partial charge on any atom is 0.165 e. The molecule has 0 aliphatic rings. The van der Waals surface area contributed by atoms with Gasteiger partial charge in [-0.05, 0) is 91.6 Å². The molecule has 0 amide bonds. The number of benzene rings is 11. The average molecular weight is 787 g/mol. The Morgan fingerprint density at radius 1 is 0.306 bits per heavy atom. The Morgan fingerprint density at radius 3 is 1.69 bits per heavy atom. The summed E-state index contributed by atoms with van der Waals surface area (Å²) in [7, 11) is 0. The van der Waals surface area contributed by atoms with Crippen molar-refractivity contribution in [2.45, 2.75) is 0 Å². The van der Waals surface area contributed by atoms with E-state index in [0.29, 0.717) is 0 Å². The van der Waals surface area contributed by atoms with E-state index in [9.17, 15) is 0 Å². The molecule has 286 valence electrons. The molecule has 0 aliphatic carbocycles. The molecule has 4 nitrogen and oxygen atoms in total. The zero-order valence-corrected chi connectivity index (χ0v) is 33.4. The minimum atomic E-state index is 0.803. The number of para-hydroxylation sites is 2. The van der Waals surface area contributed by atoms with Crippen LogP contribution in [-0.4, -0.2) is 19.1 Å². The molecule has 0 unspecified atom stereocenters. The molecular weight excluding hydrogens is 753 g/mol. The molecule has 14 rings (SSSR count). The van der Waals surface area contributed by atoms with E-state index >= 15 is 0 Å². The van der Waals surface area contributed by atoms with Crippen LogP contribution in [0.25, 0.3) is 131 Å². The zero-order chi connectivity index (χ0) is 40.5. The van der Waals surface area contributed by atoms with Crippen molar-refractivity contribution in [3.8, 4) is 22.8 Å². The van der Waals surface area contributed by atoms with Crippen LogP contribution in [0.3, 0.4) is 0 Å². The van der Waals surface area contributed by atoms with Gasteiger partial charge in [-0.2, -0.15) is 0 Å². The summed E-state index contributed by atoms with van der Waals surface area (Å²) in [4.78, 5) is 11.6. The van der Waals surface area contributed by atoms with E-state index in [1.165, 1.54) is 59.2 Å². The third-order valence-electron chi connectivity index (χ3n) is 13.2. The second kappa shape index (κ2) is 12.6. The van der Waals surface area contributed by atoms with Crippen LogP contribution < -0.4 is 0 Å². The molecule has 14 aromatic rings. The van der Waals surface area contributed by atoms with Crippen molar-refractivity contribution < 1.29 is 0 Å². The SMILES string of the molecule is c1ccc(-n2c3ccccc3c3c(-c4nc5ccc6ccccc6c5nc4-n4c5cc6ccccc6cc5c5c6c7ccccc7c7ccccc7c6ccc54)cccc32)cc1. The van der Waals surface area contributed by atoms with Crippen molar-refractivity contribution in [1.82, 2.24) is 19.1 Å². The Balaban J connectivity index is 1.21. The largest absolute Gasteiger partial charge is 0.309 e. The number of hydrogen-bond donors (Lipinski definition) is 0. The normalized spacial score (nSPS) is 12.2. The molecule has 0 saturated heterocycles. The van der Waals surface area contributed by atoms with Crippen molar-refractivity contribution in [3.05, 3.63) is 206 Å². The maximum atomic E-state index is 5.84. The van der Waals surface area contributed by atoms with Crippen LogP contribution in [0, 0.1) is 0 Å². The quantitative estimate of drug-likeness (QED) is 0.167. The average Bonchev–Trinajstić information content (AvgIpc) is 3.85. The topological polar surface area (TPSA) is 35.6 Å². The van der Waals surface area contributed by atoms with Crippen molar-refractivity contribution in [2.24, 2.45) is 0 Å². The zero-order valence-electron chi connectivity index (χ0n) is 33.4.